The molecule has 0 aliphatic carbocycles. The Morgan fingerprint density at radius 3 is 0.765 bits per heavy atom. The van der Waals surface area contributed by atoms with E-state index in [9.17, 15) is 35.1 Å². The van der Waals surface area contributed by atoms with Gasteiger partial charge in [-0.2, -0.15) is 26.3 Å². The van der Waals surface area contributed by atoms with E-state index in [1.165, 1.54) is 63.7 Å². The summed E-state index contributed by atoms with van der Waals surface area (Å²) in [5.41, 5.74) is 0. The lowest BCUT2D eigenvalue weighted by molar-refractivity contribution is -0.228. The number of rotatable bonds is 4. The minimum Gasteiger partial charge on any atom is -0.216 e. The van der Waals surface area contributed by atoms with Gasteiger partial charge in [0.1, 0.15) is 0 Å². The summed E-state index contributed by atoms with van der Waals surface area (Å²) in [5, 5.41) is 0. The highest BCUT2D eigenvalue weighted by Gasteiger charge is 2.81. The molecule has 0 aromatic rings. The second kappa shape index (κ2) is 4.72. The fourth-order valence-electron chi connectivity index (χ4n) is 0.553. The SMILES string of the molecule is FC(F)(Br)C(F)(Br)C(F)(F)C(F)(Br)C(F)(F)Br. The molecule has 0 saturated carbocycles. The normalized spacial score (nSPS) is 21.9. The molecule has 0 spiro atoms. The van der Waals surface area contributed by atoms with E-state index in [4.69, 9.17) is 0 Å². The molecule has 0 bridgehead atoms. The number of alkyl halides is 12. The topological polar surface area (TPSA) is 0 Å². The second-order valence-electron chi connectivity index (χ2n) is 2.72. The summed E-state index contributed by atoms with van der Waals surface area (Å²) in [4.78, 5) is -10.0. The summed E-state index contributed by atoms with van der Waals surface area (Å²) >= 11 is 4.85. The van der Waals surface area contributed by atoms with E-state index in [2.05, 4.69) is 0 Å². The average Bonchev–Trinajstić information content (AvgIpc) is 1.98. The van der Waals surface area contributed by atoms with Gasteiger partial charge in [0.15, 0.2) is 0 Å². The van der Waals surface area contributed by atoms with Crippen molar-refractivity contribution in [1.29, 1.82) is 0 Å². The highest BCUT2D eigenvalue weighted by molar-refractivity contribution is 9.13. The third-order valence-electron chi connectivity index (χ3n) is 1.50. The van der Waals surface area contributed by atoms with Gasteiger partial charge in [0, 0.05) is 0 Å². The molecule has 0 aromatic carbocycles. The van der Waals surface area contributed by atoms with Crippen LogP contribution in [0.5, 0.6) is 0 Å². The van der Waals surface area contributed by atoms with Gasteiger partial charge in [0.05, 0.1) is 0 Å². The molecular formula is C5Br4F8. The first-order valence-electron chi connectivity index (χ1n) is 3.27. The van der Waals surface area contributed by atoms with Crippen LogP contribution in [0.1, 0.15) is 0 Å². The van der Waals surface area contributed by atoms with E-state index < -0.39 is 24.7 Å². The fraction of sp³-hybridized carbons (Fsp3) is 1.00. The van der Waals surface area contributed by atoms with Crippen molar-refractivity contribution in [3.63, 3.8) is 0 Å². The molecule has 0 aromatic heterocycles. The molecule has 0 radical (unpaired) electrons. The lowest BCUT2D eigenvalue weighted by Gasteiger charge is -2.39. The summed E-state index contributed by atoms with van der Waals surface area (Å²) in [6.45, 7) is 0. The first-order chi connectivity index (χ1) is 7.00. The molecule has 0 fully saturated rings. The maximum Gasteiger partial charge on any atom is 0.350 e. The summed E-state index contributed by atoms with van der Waals surface area (Å²) in [7, 11) is 0. The highest BCUT2D eigenvalue weighted by Crippen LogP contribution is 2.62. The molecule has 2 unspecified atom stereocenters. The van der Waals surface area contributed by atoms with Crippen LogP contribution < -0.4 is 0 Å². The lowest BCUT2D eigenvalue weighted by atomic mass is 10.1. The van der Waals surface area contributed by atoms with Gasteiger partial charge < -0.3 is 0 Å². The molecule has 104 valence electrons. The number of halogens is 12. The Morgan fingerprint density at radius 1 is 0.471 bits per heavy atom. The van der Waals surface area contributed by atoms with Crippen molar-refractivity contribution in [2.45, 2.75) is 24.7 Å². The zero-order valence-corrected chi connectivity index (χ0v) is 13.4. The largest absolute Gasteiger partial charge is 0.350 e. The minimum absolute atomic E-state index is 1.21. The predicted octanol–water partition coefficient (Wildman–Crippen LogP) is 5.72. The molecule has 0 aliphatic heterocycles. The third-order valence-corrected chi connectivity index (χ3v) is 5.65. The minimum atomic E-state index is -5.83. The zero-order valence-electron chi connectivity index (χ0n) is 7.04. The molecular weight excluding hydrogens is 532 g/mol. The molecule has 0 heterocycles. The monoisotopic (exact) mass is 528 g/mol. The van der Waals surface area contributed by atoms with E-state index in [0.29, 0.717) is 0 Å². The zero-order chi connectivity index (χ0) is 14.5. The standard InChI is InChI=1S/C5Br4F8/c6-1(10,4(8,14)15)3(12,13)2(7,11)5(9,16)17. The number of hydrogen-bond acceptors (Lipinski definition) is 0. The van der Waals surface area contributed by atoms with E-state index in [1.807, 2.05) is 0 Å². The van der Waals surface area contributed by atoms with Gasteiger partial charge >= 0.3 is 24.7 Å². The van der Waals surface area contributed by atoms with Gasteiger partial charge in [0.25, 0.3) is 0 Å². The molecule has 0 N–H and O–H groups in total. The van der Waals surface area contributed by atoms with Crippen LogP contribution in [0.3, 0.4) is 0 Å². The first kappa shape index (κ1) is 18.4. The van der Waals surface area contributed by atoms with Crippen LogP contribution in [0.25, 0.3) is 0 Å². The predicted molar refractivity (Wildman–Crippen MR) is 58.2 cm³/mol. The van der Waals surface area contributed by atoms with Crippen molar-refractivity contribution in [3.8, 4) is 0 Å². The van der Waals surface area contributed by atoms with E-state index in [1.54, 1.807) is 0 Å². The molecule has 2 atom stereocenters. The molecule has 0 nitrogen and oxygen atoms in total. The van der Waals surface area contributed by atoms with Crippen molar-refractivity contribution in [2.24, 2.45) is 0 Å². The van der Waals surface area contributed by atoms with Crippen LogP contribution in [-0.2, 0) is 0 Å². The van der Waals surface area contributed by atoms with Crippen molar-refractivity contribution in [2.75, 3.05) is 0 Å². The maximum absolute atomic E-state index is 13.1. The maximum atomic E-state index is 13.1. The van der Waals surface area contributed by atoms with Gasteiger partial charge in [-0.05, 0) is 63.7 Å². The lowest BCUT2D eigenvalue weighted by Crippen LogP contribution is -2.63. The molecule has 0 amide bonds. The Balaban J connectivity index is 5.73. The van der Waals surface area contributed by atoms with Gasteiger partial charge in [-0.3, -0.25) is 0 Å². The summed E-state index contributed by atoms with van der Waals surface area (Å²) in [5.74, 6) is -5.83. The molecule has 0 aliphatic rings. The third kappa shape index (κ3) is 2.93. The van der Waals surface area contributed by atoms with Gasteiger partial charge in [-0.15, -0.1) is 0 Å². The van der Waals surface area contributed by atoms with E-state index >= 15 is 0 Å². The Hall–Kier alpha value is 1.36. The van der Waals surface area contributed by atoms with E-state index in [-0.39, 0.29) is 0 Å². The van der Waals surface area contributed by atoms with Crippen LogP contribution >= 0.6 is 63.7 Å². The highest BCUT2D eigenvalue weighted by atomic mass is 79.9. The van der Waals surface area contributed by atoms with Crippen molar-refractivity contribution < 1.29 is 35.1 Å². The van der Waals surface area contributed by atoms with Crippen molar-refractivity contribution in [1.82, 2.24) is 0 Å². The van der Waals surface area contributed by atoms with Crippen LogP contribution in [-0.4, -0.2) is 24.7 Å². The fourth-order valence-corrected chi connectivity index (χ4v) is 1.86. The smallest absolute Gasteiger partial charge is 0.216 e. The van der Waals surface area contributed by atoms with Gasteiger partial charge in [0.2, 0.25) is 0 Å². The Labute approximate surface area is 123 Å². The molecule has 17 heavy (non-hydrogen) atoms. The summed E-state index contributed by atoms with van der Waals surface area (Å²) in [6, 6.07) is 0. The van der Waals surface area contributed by atoms with Gasteiger partial charge in [-0.1, -0.05) is 0 Å². The van der Waals surface area contributed by atoms with Gasteiger partial charge in [-0.25, -0.2) is 8.78 Å². The second-order valence-corrected chi connectivity index (χ2v) is 6.90. The average molecular weight is 532 g/mol. The van der Waals surface area contributed by atoms with Crippen LogP contribution in [0.15, 0.2) is 0 Å². The Morgan fingerprint density at radius 2 is 0.647 bits per heavy atom. The first-order valence-corrected chi connectivity index (χ1v) is 6.44. The Bertz CT molecular complexity index is 261. The molecule has 12 heteroatoms. The van der Waals surface area contributed by atoms with Crippen LogP contribution in [0.4, 0.5) is 35.1 Å². The molecule has 0 saturated heterocycles. The van der Waals surface area contributed by atoms with Crippen molar-refractivity contribution >= 4 is 63.7 Å². The van der Waals surface area contributed by atoms with Crippen LogP contribution in [0.2, 0.25) is 0 Å². The quantitative estimate of drug-likeness (QED) is 0.322. The number of hydrogen-bond donors (Lipinski definition) is 0. The summed E-state index contributed by atoms with van der Waals surface area (Å²) < 4.78 is 92.2. The summed E-state index contributed by atoms with van der Waals surface area (Å²) in [6.07, 6.45) is 0. The van der Waals surface area contributed by atoms with Crippen molar-refractivity contribution in [3.05, 3.63) is 0 Å². The van der Waals surface area contributed by atoms with E-state index in [0.717, 1.165) is 0 Å². The molecule has 0 rings (SSSR count). The Kier molecular flexibility index (Phi) is 5.10. The van der Waals surface area contributed by atoms with Crippen LogP contribution in [0, 0.1) is 0 Å².